The SMILES string of the molecule is Cn1cncc1CNC(=O)[C@@H]1CN(CC2CC2)[C@H]2c3cc(F)ccc3OC[C@@H]12. The number of ether oxygens (including phenoxy) is 1. The van der Waals surface area contributed by atoms with Gasteiger partial charge in [-0.05, 0) is 37.0 Å². The average Bonchev–Trinajstić information content (AvgIpc) is 3.29. The van der Waals surface area contributed by atoms with Crippen LogP contribution in [0.25, 0.3) is 0 Å². The Morgan fingerprint density at radius 3 is 3.00 bits per heavy atom. The Morgan fingerprint density at radius 1 is 1.39 bits per heavy atom. The van der Waals surface area contributed by atoms with Gasteiger partial charge < -0.3 is 14.6 Å². The van der Waals surface area contributed by atoms with E-state index in [1.807, 2.05) is 11.6 Å². The second kappa shape index (κ2) is 6.88. The van der Waals surface area contributed by atoms with Crippen molar-refractivity contribution < 1.29 is 13.9 Å². The van der Waals surface area contributed by atoms with Crippen molar-refractivity contribution in [3.63, 3.8) is 0 Å². The van der Waals surface area contributed by atoms with Crippen molar-refractivity contribution in [3.8, 4) is 5.75 Å². The maximum absolute atomic E-state index is 14.0. The van der Waals surface area contributed by atoms with E-state index >= 15 is 0 Å². The number of aryl methyl sites for hydroxylation is 1. The number of nitrogens with zero attached hydrogens (tertiary/aromatic N) is 3. The fourth-order valence-corrected chi connectivity index (χ4v) is 4.66. The first-order chi connectivity index (χ1) is 13.6. The molecular formula is C21H25FN4O2. The van der Waals surface area contributed by atoms with Crippen LogP contribution in [-0.4, -0.2) is 40.1 Å². The summed E-state index contributed by atoms with van der Waals surface area (Å²) in [7, 11) is 1.91. The van der Waals surface area contributed by atoms with E-state index in [1.54, 1.807) is 24.7 Å². The molecule has 3 atom stereocenters. The second-order valence-electron chi connectivity index (χ2n) is 8.32. The van der Waals surface area contributed by atoms with Gasteiger partial charge in [0, 0.05) is 43.9 Å². The number of rotatable bonds is 5. The molecular weight excluding hydrogens is 359 g/mol. The van der Waals surface area contributed by atoms with Crippen LogP contribution >= 0.6 is 0 Å². The van der Waals surface area contributed by atoms with Crippen LogP contribution < -0.4 is 10.1 Å². The van der Waals surface area contributed by atoms with Crippen LogP contribution in [0.15, 0.2) is 30.7 Å². The normalized spacial score (nSPS) is 26.4. The Kier molecular flexibility index (Phi) is 4.34. The van der Waals surface area contributed by atoms with Crippen molar-refractivity contribution in [1.82, 2.24) is 19.8 Å². The summed E-state index contributed by atoms with van der Waals surface area (Å²) in [5.41, 5.74) is 1.85. The van der Waals surface area contributed by atoms with Crippen molar-refractivity contribution in [2.24, 2.45) is 24.8 Å². The highest BCUT2D eigenvalue weighted by Gasteiger charge is 2.49. The molecule has 0 unspecified atom stereocenters. The van der Waals surface area contributed by atoms with Gasteiger partial charge in [-0.2, -0.15) is 0 Å². The molecule has 2 fully saturated rings. The monoisotopic (exact) mass is 384 g/mol. The Bertz CT molecular complexity index is 894. The van der Waals surface area contributed by atoms with E-state index in [4.69, 9.17) is 4.74 Å². The van der Waals surface area contributed by atoms with Gasteiger partial charge >= 0.3 is 0 Å². The summed E-state index contributed by atoms with van der Waals surface area (Å²) >= 11 is 0. The lowest BCUT2D eigenvalue weighted by Crippen LogP contribution is -2.38. The van der Waals surface area contributed by atoms with E-state index in [-0.39, 0.29) is 29.6 Å². The fraction of sp³-hybridized carbons (Fsp3) is 0.524. The molecule has 7 heteroatoms. The summed E-state index contributed by atoms with van der Waals surface area (Å²) in [5, 5.41) is 3.07. The molecule has 3 heterocycles. The van der Waals surface area contributed by atoms with Crippen LogP contribution in [0.4, 0.5) is 4.39 Å². The number of hydrogen-bond acceptors (Lipinski definition) is 4. The largest absolute Gasteiger partial charge is 0.493 e. The number of carbonyl (C=O) groups excluding carboxylic acids is 1. The maximum Gasteiger partial charge on any atom is 0.225 e. The molecule has 1 aromatic heterocycles. The molecule has 1 saturated heterocycles. The Morgan fingerprint density at radius 2 is 2.25 bits per heavy atom. The van der Waals surface area contributed by atoms with E-state index in [1.165, 1.54) is 18.9 Å². The molecule has 0 bridgehead atoms. The molecule has 1 N–H and O–H groups in total. The minimum absolute atomic E-state index is 0.0398. The van der Waals surface area contributed by atoms with Crippen molar-refractivity contribution in [3.05, 3.63) is 47.8 Å². The number of halogens is 1. The predicted octanol–water partition coefficient (Wildman–Crippen LogP) is 2.27. The first kappa shape index (κ1) is 17.7. The van der Waals surface area contributed by atoms with Gasteiger partial charge in [0.05, 0.1) is 31.1 Å². The zero-order valence-electron chi connectivity index (χ0n) is 16.0. The summed E-state index contributed by atoms with van der Waals surface area (Å²) in [6, 6.07) is 4.79. The number of aromatic nitrogens is 2. The van der Waals surface area contributed by atoms with E-state index in [9.17, 15) is 9.18 Å². The number of benzene rings is 1. The molecule has 0 radical (unpaired) electrons. The molecule has 5 rings (SSSR count). The first-order valence-electron chi connectivity index (χ1n) is 9.99. The van der Waals surface area contributed by atoms with E-state index in [0.717, 1.165) is 23.6 Å². The Labute approximate surface area is 163 Å². The van der Waals surface area contributed by atoms with E-state index < -0.39 is 0 Å². The van der Waals surface area contributed by atoms with Crippen LogP contribution in [0, 0.1) is 23.6 Å². The van der Waals surface area contributed by atoms with Gasteiger partial charge in [0.2, 0.25) is 5.91 Å². The maximum atomic E-state index is 14.0. The van der Waals surface area contributed by atoms with Gasteiger partial charge in [0.1, 0.15) is 11.6 Å². The Balaban J connectivity index is 1.38. The van der Waals surface area contributed by atoms with Crippen molar-refractivity contribution in [2.45, 2.75) is 25.4 Å². The summed E-state index contributed by atoms with van der Waals surface area (Å²) in [6.07, 6.45) is 5.99. The quantitative estimate of drug-likeness (QED) is 0.859. The zero-order chi connectivity index (χ0) is 19.3. The molecule has 6 nitrogen and oxygen atoms in total. The lowest BCUT2D eigenvalue weighted by molar-refractivity contribution is -0.126. The number of nitrogens with one attached hydrogen (secondary N) is 1. The number of likely N-dealkylation sites (tertiary alicyclic amines) is 1. The minimum atomic E-state index is -0.251. The molecule has 2 aliphatic heterocycles. The van der Waals surface area contributed by atoms with Gasteiger partial charge in [0.15, 0.2) is 0 Å². The summed E-state index contributed by atoms with van der Waals surface area (Å²) in [4.78, 5) is 19.5. The molecule has 0 spiro atoms. The predicted molar refractivity (Wildman–Crippen MR) is 101 cm³/mol. The molecule has 1 aromatic carbocycles. The summed E-state index contributed by atoms with van der Waals surface area (Å²) in [5.74, 6) is 1.13. The second-order valence-corrected chi connectivity index (χ2v) is 8.32. The number of fused-ring (bicyclic) bond motifs is 3. The molecule has 28 heavy (non-hydrogen) atoms. The average molecular weight is 384 g/mol. The van der Waals surface area contributed by atoms with Crippen molar-refractivity contribution in [1.29, 1.82) is 0 Å². The highest BCUT2D eigenvalue weighted by Crippen LogP contribution is 2.49. The topological polar surface area (TPSA) is 59.4 Å². The number of imidazole rings is 1. The minimum Gasteiger partial charge on any atom is -0.493 e. The molecule has 148 valence electrons. The third-order valence-electron chi connectivity index (χ3n) is 6.36. The molecule has 2 aromatic rings. The van der Waals surface area contributed by atoms with Crippen LogP contribution in [-0.2, 0) is 18.4 Å². The molecule has 1 aliphatic carbocycles. The molecule has 1 saturated carbocycles. The zero-order valence-corrected chi connectivity index (χ0v) is 16.0. The van der Waals surface area contributed by atoms with Crippen LogP contribution in [0.2, 0.25) is 0 Å². The lowest BCUT2D eigenvalue weighted by Gasteiger charge is -2.34. The van der Waals surface area contributed by atoms with Gasteiger partial charge in [-0.3, -0.25) is 9.69 Å². The van der Waals surface area contributed by atoms with E-state index in [0.29, 0.717) is 25.6 Å². The molecule has 1 amide bonds. The number of amides is 1. The van der Waals surface area contributed by atoms with Gasteiger partial charge in [-0.25, -0.2) is 9.37 Å². The third-order valence-corrected chi connectivity index (χ3v) is 6.36. The fourth-order valence-electron chi connectivity index (χ4n) is 4.66. The first-order valence-corrected chi connectivity index (χ1v) is 9.99. The Hall–Kier alpha value is -2.41. The van der Waals surface area contributed by atoms with Crippen LogP contribution in [0.5, 0.6) is 5.75 Å². The highest BCUT2D eigenvalue weighted by atomic mass is 19.1. The smallest absolute Gasteiger partial charge is 0.225 e. The van der Waals surface area contributed by atoms with E-state index in [2.05, 4.69) is 15.2 Å². The number of carbonyl (C=O) groups is 1. The number of hydrogen-bond donors (Lipinski definition) is 1. The third kappa shape index (κ3) is 3.17. The molecule has 3 aliphatic rings. The van der Waals surface area contributed by atoms with Crippen LogP contribution in [0.3, 0.4) is 0 Å². The summed E-state index contributed by atoms with van der Waals surface area (Å²) < 4.78 is 21.8. The highest BCUT2D eigenvalue weighted by molar-refractivity contribution is 5.80. The van der Waals surface area contributed by atoms with Gasteiger partial charge in [-0.15, -0.1) is 0 Å². The van der Waals surface area contributed by atoms with Crippen molar-refractivity contribution >= 4 is 5.91 Å². The standard InChI is InChI=1S/C21H25FN4O2/c1-25-12-23-7-15(25)8-24-21(27)17-10-26(9-13-2-3-13)20-16-6-14(22)4-5-19(16)28-11-18(17)20/h4-7,12-13,17-18,20H,2-3,8-11H2,1H3,(H,24,27)/t17-,18+,20+/m1/s1. The van der Waals surface area contributed by atoms with Gasteiger partial charge in [0.25, 0.3) is 0 Å². The summed E-state index contributed by atoms with van der Waals surface area (Å²) in [6.45, 7) is 2.62. The van der Waals surface area contributed by atoms with Crippen LogP contribution in [0.1, 0.15) is 30.1 Å². The van der Waals surface area contributed by atoms with Crippen molar-refractivity contribution in [2.75, 3.05) is 19.7 Å². The lowest BCUT2D eigenvalue weighted by atomic mass is 9.85. The van der Waals surface area contributed by atoms with Gasteiger partial charge in [-0.1, -0.05) is 0 Å².